The van der Waals surface area contributed by atoms with Gasteiger partial charge in [0, 0.05) is 62.3 Å². The normalized spacial score (nSPS) is 13.7. The van der Waals surface area contributed by atoms with Crippen molar-refractivity contribution in [1.29, 1.82) is 0 Å². The van der Waals surface area contributed by atoms with E-state index in [-0.39, 0.29) is 0 Å². The van der Waals surface area contributed by atoms with Crippen molar-refractivity contribution < 1.29 is 4.79 Å². The third kappa shape index (κ3) is 4.71. The summed E-state index contributed by atoms with van der Waals surface area (Å²) in [6.45, 7) is 3.21. The van der Waals surface area contributed by atoms with E-state index in [2.05, 4.69) is 48.0 Å². The largest absolute Gasteiger partial charge is 0.366 e. The van der Waals surface area contributed by atoms with E-state index in [1.165, 1.54) is 5.56 Å². The van der Waals surface area contributed by atoms with Gasteiger partial charge in [-0.2, -0.15) is 5.10 Å². The van der Waals surface area contributed by atoms with E-state index < -0.39 is 5.91 Å². The van der Waals surface area contributed by atoms with Crippen molar-refractivity contribution in [3.8, 4) is 11.1 Å². The summed E-state index contributed by atoms with van der Waals surface area (Å²) in [5, 5.41) is 4.40. The molecule has 1 aliphatic rings. The minimum absolute atomic E-state index is 0.436. The van der Waals surface area contributed by atoms with Crippen LogP contribution in [0.1, 0.15) is 21.5 Å². The third-order valence-electron chi connectivity index (χ3n) is 6.69. The lowest BCUT2D eigenvalue weighted by atomic mass is 10.1. The van der Waals surface area contributed by atoms with Crippen LogP contribution >= 0.6 is 0 Å². The van der Waals surface area contributed by atoms with E-state index in [0.717, 1.165) is 66.6 Å². The van der Waals surface area contributed by atoms with Crippen molar-refractivity contribution in [2.24, 2.45) is 5.73 Å². The maximum atomic E-state index is 11.4. The SMILES string of the molecule is NC(=O)c1ccc(-c2cc3c(N4CCN(c5ncc(Cc6ccccc6)cn5)CC4)ncnn3c2)cc1. The predicted molar refractivity (Wildman–Crippen MR) is 143 cm³/mol. The standard InChI is InChI=1S/C28H26N8O/c29-26(37)23-8-6-22(7-9-23)24-15-25-27(32-19-33-36(25)18-24)34-10-12-35(13-11-34)28-30-16-21(17-31-28)14-20-4-2-1-3-5-20/h1-9,15-19H,10-14H2,(H2,29,37). The number of nitrogens with two attached hydrogens (primary N) is 1. The van der Waals surface area contributed by atoms with Crippen molar-refractivity contribution in [3.05, 3.63) is 102 Å². The summed E-state index contributed by atoms with van der Waals surface area (Å²) in [5.41, 5.74) is 11.1. The molecule has 0 saturated carbocycles. The van der Waals surface area contributed by atoms with Gasteiger partial charge >= 0.3 is 0 Å². The van der Waals surface area contributed by atoms with Crippen molar-refractivity contribution in [2.75, 3.05) is 36.0 Å². The second kappa shape index (κ2) is 9.69. The molecule has 0 unspecified atom stereocenters. The molecule has 0 spiro atoms. The second-order valence-electron chi connectivity index (χ2n) is 9.11. The Labute approximate surface area is 214 Å². The number of carbonyl (C=O) groups excluding carboxylic acids is 1. The number of nitrogens with zero attached hydrogens (tertiary/aromatic N) is 7. The highest BCUT2D eigenvalue weighted by molar-refractivity contribution is 5.93. The summed E-state index contributed by atoms with van der Waals surface area (Å²) in [4.78, 5) is 29.8. The number of fused-ring (bicyclic) bond motifs is 1. The molecular weight excluding hydrogens is 464 g/mol. The number of hydrogen-bond acceptors (Lipinski definition) is 7. The lowest BCUT2D eigenvalue weighted by Gasteiger charge is -2.35. The molecule has 37 heavy (non-hydrogen) atoms. The van der Waals surface area contributed by atoms with Crippen LogP contribution < -0.4 is 15.5 Å². The van der Waals surface area contributed by atoms with Crippen LogP contribution in [0.4, 0.5) is 11.8 Å². The summed E-state index contributed by atoms with van der Waals surface area (Å²) in [5.74, 6) is 1.22. The zero-order valence-electron chi connectivity index (χ0n) is 20.2. The lowest BCUT2D eigenvalue weighted by molar-refractivity contribution is 0.100. The fraction of sp³-hybridized carbons (Fsp3) is 0.179. The molecule has 6 rings (SSSR count). The zero-order valence-corrected chi connectivity index (χ0v) is 20.2. The quantitative estimate of drug-likeness (QED) is 0.390. The Hall–Kier alpha value is -4.79. The van der Waals surface area contributed by atoms with Crippen LogP contribution in [-0.2, 0) is 6.42 Å². The average molecular weight is 491 g/mol. The first-order chi connectivity index (χ1) is 18.1. The van der Waals surface area contributed by atoms with Gasteiger partial charge in [-0.3, -0.25) is 4.79 Å². The number of amides is 1. The number of aromatic nitrogens is 5. The van der Waals surface area contributed by atoms with Gasteiger partial charge < -0.3 is 15.5 Å². The summed E-state index contributed by atoms with van der Waals surface area (Å²) >= 11 is 0. The molecule has 0 radical (unpaired) electrons. The molecule has 1 aliphatic heterocycles. The van der Waals surface area contributed by atoms with Gasteiger partial charge in [-0.05, 0) is 34.9 Å². The average Bonchev–Trinajstić information content (AvgIpc) is 3.39. The van der Waals surface area contributed by atoms with Crippen LogP contribution in [0, 0.1) is 0 Å². The smallest absolute Gasteiger partial charge is 0.248 e. The van der Waals surface area contributed by atoms with Gasteiger partial charge in [0.15, 0.2) is 5.82 Å². The number of hydrogen-bond donors (Lipinski definition) is 1. The Bertz CT molecular complexity index is 1520. The van der Waals surface area contributed by atoms with Crippen molar-refractivity contribution in [2.45, 2.75) is 6.42 Å². The van der Waals surface area contributed by atoms with E-state index in [9.17, 15) is 4.79 Å². The number of carbonyl (C=O) groups is 1. The van der Waals surface area contributed by atoms with Gasteiger partial charge in [0.05, 0.1) is 0 Å². The van der Waals surface area contributed by atoms with E-state index in [0.29, 0.717) is 5.56 Å². The van der Waals surface area contributed by atoms with Gasteiger partial charge in [-0.25, -0.2) is 19.5 Å². The minimum Gasteiger partial charge on any atom is -0.366 e. The Balaban J connectivity index is 1.15. The van der Waals surface area contributed by atoms with Crippen molar-refractivity contribution in [1.82, 2.24) is 24.6 Å². The third-order valence-corrected chi connectivity index (χ3v) is 6.69. The van der Waals surface area contributed by atoms with E-state index in [1.54, 1.807) is 18.5 Å². The fourth-order valence-electron chi connectivity index (χ4n) is 4.70. The molecule has 184 valence electrons. The van der Waals surface area contributed by atoms with Crippen molar-refractivity contribution in [3.63, 3.8) is 0 Å². The Morgan fingerprint density at radius 2 is 1.51 bits per heavy atom. The molecule has 9 heteroatoms. The highest BCUT2D eigenvalue weighted by atomic mass is 16.1. The molecule has 4 heterocycles. The second-order valence-corrected chi connectivity index (χ2v) is 9.11. The van der Waals surface area contributed by atoms with Crippen LogP contribution in [0.5, 0.6) is 0 Å². The Kier molecular flexibility index (Phi) is 5.94. The monoisotopic (exact) mass is 490 g/mol. The summed E-state index contributed by atoms with van der Waals surface area (Å²) in [6, 6.07) is 19.7. The molecule has 1 amide bonds. The van der Waals surface area contributed by atoms with Gasteiger partial charge in [-0.1, -0.05) is 42.5 Å². The maximum absolute atomic E-state index is 11.4. The van der Waals surface area contributed by atoms with Gasteiger partial charge in [-0.15, -0.1) is 0 Å². The summed E-state index contributed by atoms with van der Waals surface area (Å²) in [7, 11) is 0. The first kappa shape index (κ1) is 22.7. The van der Waals surface area contributed by atoms with Crippen LogP contribution in [-0.4, -0.2) is 56.7 Å². The molecule has 0 aliphatic carbocycles. The molecule has 2 aromatic carbocycles. The van der Waals surface area contributed by atoms with Crippen LogP contribution in [0.25, 0.3) is 16.6 Å². The number of anilines is 2. The number of primary amides is 1. The number of piperazine rings is 1. The molecule has 0 bridgehead atoms. The Morgan fingerprint density at radius 3 is 2.22 bits per heavy atom. The fourth-order valence-corrected chi connectivity index (χ4v) is 4.70. The highest BCUT2D eigenvalue weighted by Gasteiger charge is 2.22. The lowest BCUT2D eigenvalue weighted by Crippen LogP contribution is -2.47. The Morgan fingerprint density at radius 1 is 0.811 bits per heavy atom. The molecule has 1 saturated heterocycles. The van der Waals surface area contributed by atoms with Crippen LogP contribution in [0.3, 0.4) is 0 Å². The van der Waals surface area contributed by atoms with Gasteiger partial charge in [0.25, 0.3) is 0 Å². The number of benzene rings is 2. The first-order valence-electron chi connectivity index (χ1n) is 12.2. The first-order valence-corrected chi connectivity index (χ1v) is 12.2. The van der Waals surface area contributed by atoms with E-state index in [1.807, 2.05) is 53.4 Å². The highest BCUT2D eigenvalue weighted by Crippen LogP contribution is 2.28. The van der Waals surface area contributed by atoms with Crippen LogP contribution in [0.2, 0.25) is 0 Å². The molecule has 1 fully saturated rings. The van der Waals surface area contributed by atoms with Crippen molar-refractivity contribution >= 4 is 23.2 Å². The molecule has 9 nitrogen and oxygen atoms in total. The summed E-state index contributed by atoms with van der Waals surface area (Å²) in [6.07, 6.45) is 8.23. The van der Waals surface area contributed by atoms with E-state index in [4.69, 9.17) is 5.73 Å². The minimum atomic E-state index is -0.436. The zero-order chi connectivity index (χ0) is 25.2. The topological polar surface area (TPSA) is 106 Å². The predicted octanol–water partition coefficient (Wildman–Crippen LogP) is 3.20. The maximum Gasteiger partial charge on any atom is 0.248 e. The number of rotatable bonds is 6. The molecule has 3 aromatic heterocycles. The van der Waals surface area contributed by atoms with E-state index >= 15 is 0 Å². The molecule has 5 aromatic rings. The van der Waals surface area contributed by atoms with Gasteiger partial charge in [0.2, 0.25) is 11.9 Å². The molecule has 0 atom stereocenters. The van der Waals surface area contributed by atoms with Crippen LogP contribution in [0.15, 0.2) is 85.6 Å². The molecule has 2 N–H and O–H groups in total. The van der Waals surface area contributed by atoms with Gasteiger partial charge in [0.1, 0.15) is 11.8 Å². The molecular formula is C28H26N8O. The summed E-state index contributed by atoms with van der Waals surface area (Å²) < 4.78 is 1.85.